The van der Waals surface area contributed by atoms with E-state index in [1.54, 1.807) is 12.1 Å². The second-order valence-electron chi connectivity index (χ2n) is 20.0. The van der Waals surface area contributed by atoms with Crippen LogP contribution in [0, 0.1) is 35.5 Å². The largest absolute Gasteiger partial charge is 0.508 e. The highest BCUT2D eigenvalue weighted by atomic mass is 16.4. The molecule has 6 aromatic rings. The van der Waals surface area contributed by atoms with Gasteiger partial charge in [-0.1, -0.05) is 69.5 Å². The van der Waals surface area contributed by atoms with Crippen LogP contribution in [0.2, 0.25) is 0 Å². The molecule has 8 fully saturated rings. The number of carbonyl (C=O) groups is 1. The Balaban J connectivity index is 0.000000151. The number of aromatic hydroxyl groups is 2. The summed E-state index contributed by atoms with van der Waals surface area (Å²) in [5, 5.41) is 44.6. The molecular formula is C56H62O5. The van der Waals surface area contributed by atoms with E-state index in [-0.39, 0.29) is 32.3 Å². The molecule has 0 radical (unpaired) electrons. The van der Waals surface area contributed by atoms with Gasteiger partial charge in [-0.05, 0) is 227 Å². The number of benzene rings is 6. The second-order valence-corrected chi connectivity index (χ2v) is 20.0. The van der Waals surface area contributed by atoms with Crippen molar-refractivity contribution < 1.29 is 25.2 Å². The van der Waals surface area contributed by atoms with E-state index in [4.69, 9.17) is 0 Å². The molecule has 0 spiro atoms. The van der Waals surface area contributed by atoms with E-state index >= 15 is 0 Å². The zero-order valence-corrected chi connectivity index (χ0v) is 33.7. The van der Waals surface area contributed by atoms with Crippen LogP contribution in [0.3, 0.4) is 0 Å². The van der Waals surface area contributed by atoms with E-state index in [1.807, 2.05) is 36.4 Å². The van der Waals surface area contributed by atoms with Crippen molar-refractivity contribution in [2.24, 2.45) is 35.5 Å². The summed E-state index contributed by atoms with van der Waals surface area (Å²) >= 11 is 0. The summed E-state index contributed by atoms with van der Waals surface area (Å²) < 4.78 is 0. The number of aliphatic hydroxyl groups excluding tert-OH is 1. The first-order valence-electron chi connectivity index (χ1n) is 22.2. The molecule has 0 atom stereocenters. The molecule has 0 heterocycles. The Kier molecular flexibility index (Phi) is 10.6. The van der Waals surface area contributed by atoms with E-state index in [2.05, 4.69) is 60.7 Å². The molecule has 8 aliphatic rings. The molecule has 8 bridgehead atoms. The number of hydrogen-bond acceptors (Lipinski definition) is 4. The maximum absolute atomic E-state index is 11.2. The molecule has 5 nitrogen and oxygen atoms in total. The molecule has 8 aliphatic carbocycles. The summed E-state index contributed by atoms with van der Waals surface area (Å²) in [6.45, 7) is 0.0735. The van der Waals surface area contributed by atoms with Gasteiger partial charge in [0.15, 0.2) is 0 Å². The van der Waals surface area contributed by atoms with Crippen LogP contribution in [0.15, 0.2) is 109 Å². The van der Waals surface area contributed by atoms with Crippen LogP contribution in [-0.4, -0.2) is 26.4 Å². The molecule has 6 aromatic carbocycles. The van der Waals surface area contributed by atoms with E-state index in [0.29, 0.717) is 17.1 Å². The molecular weight excluding hydrogens is 753 g/mol. The fourth-order valence-electron chi connectivity index (χ4n) is 14.3. The maximum atomic E-state index is 11.2. The van der Waals surface area contributed by atoms with Crippen LogP contribution >= 0.6 is 0 Å². The van der Waals surface area contributed by atoms with Crippen molar-refractivity contribution in [3.63, 3.8) is 0 Å². The van der Waals surface area contributed by atoms with Crippen LogP contribution in [0.4, 0.5) is 0 Å². The molecule has 316 valence electrons. The fourth-order valence-corrected chi connectivity index (χ4v) is 14.3. The van der Waals surface area contributed by atoms with Crippen molar-refractivity contribution in [1.82, 2.24) is 0 Å². The van der Waals surface area contributed by atoms with Gasteiger partial charge in [-0.15, -0.1) is 0 Å². The van der Waals surface area contributed by atoms with Gasteiger partial charge in [-0.25, -0.2) is 4.79 Å². The average Bonchev–Trinajstić information content (AvgIpc) is 3.22. The van der Waals surface area contributed by atoms with Crippen molar-refractivity contribution >= 4 is 27.5 Å². The van der Waals surface area contributed by atoms with E-state index in [0.717, 1.165) is 73.9 Å². The van der Waals surface area contributed by atoms with Gasteiger partial charge in [0.1, 0.15) is 11.5 Å². The smallest absolute Gasteiger partial charge is 0.335 e. The molecule has 61 heavy (non-hydrogen) atoms. The number of rotatable bonds is 6. The van der Waals surface area contributed by atoms with Gasteiger partial charge in [0, 0.05) is 11.1 Å². The third kappa shape index (κ3) is 7.31. The van der Waals surface area contributed by atoms with Crippen LogP contribution in [-0.2, 0) is 17.4 Å². The van der Waals surface area contributed by atoms with Crippen molar-refractivity contribution in [2.75, 3.05) is 0 Å². The second kappa shape index (κ2) is 15.6. The predicted molar refractivity (Wildman–Crippen MR) is 248 cm³/mol. The topological polar surface area (TPSA) is 98.0 Å². The molecule has 0 saturated heterocycles. The molecule has 8 saturated carbocycles. The van der Waals surface area contributed by atoms with Crippen molar-refractivity contribution in [2.45, 2.75) is 109 Å². The molecule has 0 unspecified atom stereocenters. The van der Waals surface area contributed by atoms with E-state index in [1.165, 1.54) is 99.1 Å². The summed E-state index contributed by atoms with van der Waals surface area (Å²) in [5.41, 5.74) is 8.58. The number of phenolic OH excluding ortho intramolecular Hbond substituents is 2. The van der Waals surface area contributed by atoms with Crippen molar-refractivity contribution in [1.29, 1.82) is 0 Å². The fraction of sp³-hybridized carbons (Fsp3) is 0.411. The molecule has 14 rings (SSSR count). The SMILES string of the molecule is C.C.O=C(O)c1ccc2cc(-c3ccc(O)c(C45CC6CC(CC(C6)C4)C5)c3)ccc2c1.OCc1ccc2cc(-c3ccc(O)c(C45CC6CC(CC(C6)C4)C5)c3)ccc2c1. The lowest BCUT2D eigenvalue weighted by atomic mass is 9.48. The summed E-state index contributed by atoms with van der Waals surface area (Å²) in [7, 11) is 0. The lowest BCUT2D eigenvalue weighted by Crippen LogP contribution is -2.48. The molecule has 0 aromatic heterocycles. The predicted octanol–water partition coefficient (Wildman–Crippen LogP) is 13.8. The first-order valence-corrected chi connectivity index (χ1v) is 22.2. The van der Waals surface area contributed by atoms with E-state index < -0.39 is 5.97 Å². The Hall–Kier alpha value is -5.13. The van der Waals surface area contributed by atoms with Crippen molar-refractivity contribution in [3.05, 3.63) is 131 Å². The van der Waals surface area contributed by atoms with Gasteiger partial charge in [-0.3, -0.25) is 0 Å². The first kappa shape index (κ1) is 41.2. The Bertz CT molecular complexity index is 2570. The minimum atomic E-state index is -0.903. The Morgan fingerprint density at radius 3 is 1.21 bits per heavy atom. The normalized spacial score (nSPS) is 28.8. The highest BCUT2D eigenvalue weighted by Crippen LogP contribution is 2.63. The average molecular weight is 815 g/mol. The zero-order valence-electron chi connectivity index (χ0n) is 33.7. The van der Waals surface area contributed by atoms with Crippen LogP contribution in [0.1, 0.15) is 119 Å². The third-order valence-corrected chi connectivity index (χ3v) is 16.1. The lowest BCUT2D eigenvalue weighted by molar-refractivity contribution is -0.00626. The number of aromatic carboxylic acids is 1. The monoisotopic (exact) mass is 814 g/mol. The number of fused-ring (bicyclic) bond motifs is 2. The molecule has 0 aliphatic heterocycles. The summed E-state index contributed by atoms with van der Waals surface area (Å²) in [6, 6.07) is 36.5. The molecule has 5 heteroatoms. The van der Waals surface area contributed by atoms with Crippen LogP contribution < -0.4 is 0 Å². The van der Waals surface area contributed by atoms with Gasteiger partial charge in [0.25, 0.3) is 0 Å². The Labute approximate surface area is 361 Å². The van der Waals surface area contributed by atoms with Gasteiger partial charge in [0.05, 0.1) is 12.2 Å². The quantitative estimate of drug-likeness (QED) is 0.134. The van der Waals surface area contributed by atoms with Crippen molar-refractivity contribution in [3.8, 4) is 33.8 Å². The standard InChI is InChI=1S/C27H26O3.C27H28O2.2CH4/c28-25-6-5-22(20-1-2-21-11-23(26(29)30)4-3-19(21)10-20)12-24(25)27-13-16-7-17(14-27)9-18(8-16)15-27;28-16-17-1-2-22-11-23(4-3-21(22)10-17)24-5-6-26(29)25(12-24)27-13-18-7-19(14-27)9-20(8-18)15-27;;/h1-6,10-12,16-18,28H,7-9,13-15H2,(H,29,30);1-6,10-12,18-20,28-29H,7-9,13-16H2;2*1H4. The minimum absolute atomic E-state index is 0. The Morgan fingerprint density at radius 2 is 0.803 bits per heavy atom. The lowest BCUT2D eigenvalue weighted by Gasteiger charge is -2.57. The molecule has 4 N–H and O–H groups in total. The number of aliphatic hydroxyl groups is 1. The summed E-state index contributed by atoms with van der Waals surface area (Å²) in [5.74, 6) is 5.15. The number of hydrogen-bond donors (Lipinski definition) is 4. The number of carboxylic acids is 1. The highest BCUT2D eigenvalue weighted by Gasteiger charge is 2.53. The zero-order chi connectivity index (χ0) is 40.0. The maximum Gasteiger partial charge on any atom is 0.335 e. The summed E-state index contributed by atoms with van der Waals surface area (Å²) in [4.78, 5) is 11.2. The number of phenols is 2. The van der Waals surface area contributed by atoms with E-state index in [9.17, 15) is 25.2 Å². The third-order valence-electron chi connectivity index (χ3n) is 16.1. The van der Waals surface area contributed by atoms with Gasteiger partial charge in [-0.2, -0.15) is 0 Å². The van der Waals surface area contributed by atoms with Crippen LogP contribution in [0.25, 0.3) is 43.8 Å². The van der Waals surface area contributed by atoms with Gasteiger partial charge in [0.2, 0.25) is 0 Å². The first-order chi connectivity index (χ1) is 28.6. The highest BCUT2D eigenvalue weighted by molar-refractivity contribution is 5.96. The Morgan fingerprint density at radius 1 is 0.459 bits per heavy atom. The number of carboxylic acid groups (broad SMARTS) is 1. The van der Waals surface area contributed by atoms with Gasteiger partial charge >= 0.3 is 5.97 Å². The summed E-state index contributed by atoms with van der Waals surface area (Å²) in [6.07, 6.45) is 15.9. The minimum Gasteiger partial charge on any atom is -0.508 e. The van der Waals surface area contributed by atoms with Gasteiger partial charge < -0.3 is 20.4 Å². The molecule has 0 amide bonds. The van der Waals surface area contributed by atoms with Crippen LogP contribution in [0.5, 0.6) is 11.5 Å².